The Kier molecular flexibility index (Phi) is 6.55. The molecule has 7 heteroatoms. The van der Waals surface area contributed by atoms with Crippen molar-refractivity contribution in [2.75, 3.05) is 0 Å². The van der Waals surface area contributed by atoms with Crippen molar-refractivity contribution in [2.45, 2.75) is 50.5 Å². The second-order valence-corrected chi connectivity index (χ2v) is 11.4. The predicted octanol–water partition coefficient (Wildman–Crippen LogP) is 7.29. The number of rotatable bonds is 7. The van der Waals surface area contributed by atoms with Gasteiger partial charge in [-0.15, -0.1) is 0 Å². The van der Waals surface area contributed by atoms with Crippen LogP contribution >= 0.6 is 0 Å². The minimum Gasteiger partial charge on any atom is -0.444 e. The van der Waals surface area contributed by atoms with Crippen LogP contribution in [0.15, 0.2) is 91.1 Å². The molecule has 2 N–H and O–H groups in total. The normalized spacial score (nSPS) is 14.3. The number of hydrogen-bond donors (Lipinski definition) is 1. The van der Waals surface area contributed by atoms with E-state index in [9.17, 15) is 10.1 Å². The number of ether oxygens (including phenoxy) is 1. The van der Waals surface area contributed by atoms with Gasteiger partial charge in [-0.1, -0.05) is 73.2 Å². The van der Waals surface area contributed by atoms with Crippen LogP contribution in [0, 0.1) is 11.3 Å². The minimum atomic E-state index is -0.743. The van der Waals surface area contributed by atoms with Crippen molar-refractivity contribution in [3.63, 3.8) is 0 Å². The first-order valence-corrected chi connectivity index (χ1v) is 13.8. The summed E-state index contributed by atoms with van der Waals surface area (Å²) in [5.41, 5.74) is 12.8. The van der Waals surface area contributed by atoms with Crippen LogP contribution in [0.2, 0.25) is 0 Å². The highest BCUT2D eigenvalue weighted by molar-refractivity contribution is 5.83. The standard InChI is InChI=1S/C34H31N5O2/c1-33(2,41-32(36)40)22-34(16-7-17-34)27-14-12-25(13-15-27)31-28(24-9-4-3-5-10-24)19-30-37-21-29(39(30)38-31)26-11-6-8-23(18-26)20-35/h3-6,8-15,18-19,21H,7,16-17,22H2,1-2H3,(H2,36,40). The first kappa shape index (κ1) is 26.3. The topological polar surface area (TPSA) is 106 Å². The van der Waals surface area contributed by atoms with Crippen molar-refractivity contribution in [2.24, 2.45) is 5.73 Å². The number of nitrogens with zero attached hydrogens (tertiary/aromatic N) is 4. The maximum atomic E-state index is 11.5. The van der Waals surface area contributed by atoms with Gasteiger partial charge in [0.05, 0.1) is 29.2 Å². The van der Waals surface area contributed by atoms with Crippen LogP contribution in [-0.2, 0) is 10.2 Å². The third kappa shape index (κ3) is 5.05. The minimum absolute atomic E-state index is 0.0552. The summed E-state index contributed by atoms with van der Waals surface area (Å²) in [6, 6.07) is 30.6. The van der Waals surface area contributed by atoms with E-state index in [2.05, 4.69) is 53.5 Å². The summed E-state index contributed by atoms with van der Waals surface area (Å²) in [5.74, 6) is 0. The van der Waals surface area contributed by atoms with Crippen LogP contribution in [0.3, 0.4) is 0 Å². The number of benzene rings is 3. The summed E-state index contributed by atoms with van der Waals surface area (Å²) in [4.78, 5) is 16.2. The van der Waals surface area contributed by atoms with Gasteiger partial charge >= 0.3 is 6.09 Å². The molecule has 1 aliphatic rings. The third-order valence-electron chi connectivity index (χ3n) is 8.09. The van der Waals surface area contributed by atoms with Crippen molar-refractivity contribution >= 4 is 11.7 Å². The number of imidazole rings is 1. The van der Waals surface area contributed by atoms with E-state index in [0.717, 1.165) is 58.6 Å². The van der Waals surface area contributed by atoms with Crippen LogP contribution in [0.1, 0.15) is 50.7 Å². The maximum absolute atomic E-state index is 11.5. The molecule has 2 heterocycles. The number of nitriles is 1. The van der Waals surface area contributed by atoms with E-state index in [1.165, 1.54) is 5.56 Å². The van der Waals surface area contributed by atoms with Crippen LogP contribution in [-0.4, -0.2) is 26.3 Å². The number of amides is 1. The smallest absolute Gasteiger partial charge is 0.405 e. The van der Waals surface area contributed by atoms with E-state index in [0.29, 0.717) is 12.0 Å². The van der Waals surface area contributed by atoms with Gasteiger partial charge in [-0.05, 0) is 67.9 Å². The Balaban J connectivity index is 1.44. The lowest BCUT2D eigenvalue weighted by Crippen LogP contribution is -2.44. The molecule has 1 aliphatic carbocycles. The molecule has 6 rings (SSSR count). The molecule has 0 aliphatic heterocycles. The molecule has 0 unspecified atom stereocenters. The van der Waals surface area contributed by atoms with Gasteiger partial charge in [-0.25, -0.2) is 14.3 Å². The van der Waals surface area contributed by atoms with Crippen molar-refractivity contribution in [1.82, 2.24) is 14.6 Å². The molecule has 204 valence electrons. The molecule has 7 nitrogen and oxygen atoms in total. The lowest BCUT2D eigenvalue weighted by molar-refractivity contribution is 0.00510. The van der Waals surface area contributed by atoms with E-state index in [1.54, 1.807) is 12.3 Å². The molecule has 0 radical (unpaired) electrons. The Morgan fingerprint density at radius 3 is 2.39 bits per heavy atom. The molecular formula is C34H31N5O2. The predicted molar refractivity (Wildman–Crippen MR) is 159 cm³/mol. The Morgan fingerprint density at radius 1 is 1.00 bits per heavy atom. The van der Waals surface area contributed by atoms with Gasteiger partial charge in [0.1, 0.15) is 5.60 Å². The highest BCUT2D eigenvalue weighted by Crippen LogP contribution is 2.50. The summed E-state index contributed by atoms with van der Waals surface area (Å²) in [5, 5.41) is 14.5. The van der Waals surface area contributed by atoms with E-state index in [4.69, 9.17) is 15.6 Å². The molecule has 0 atom stereocenters. The zero-order chi connectivity index (χ0) is 28.6. The lowest BCUT2D eigenvalue weighted by Gasteiger charge is -2.46. The maximum Gasteiger partial charge on any atom is 0.405 e. The molecule has 41 heavy (non-hydrogen) atoms. The summed E-state index contributed by atoms with van der Waals surface area (Å²) < 4.78 is 7.30. The van der Waals surface area contributed by atoms with Crippen LogP contribution in [0.5, 0.6) is 0 Å². The Morgan fingerprint density at radius 2 is 1.73 bits per heavy atom. The summed E-state index contributed by atoms with van der Waals surface area (Å²) in [6.07, 6.45) is 4.99. The molecule has 0 bridgehead atoms. The largest absolute Gasteiger partial charge is 0.444 e. The Hall–Kier alpha value is -4.96. The quantitative estimate of drug-likeness (QED) is 0.233. The summed E-state index contributed by atoms with van der Waals surface area (Å²) >= 11 is 0. The zero-order valence-corrected chi connectivity index (χ0v) is 23.2. The number of aromatic nitrogens is 3. The van der Waals surface area contributed by atoms with Gasteiger partial charge in [0.15, 0.2) is 5.65 Å². The number of fused-ring (bicyclic) bond motifs is 1. The molecular weight excluding hydrogens is 510 g/mol. The SMILES string of the molecule is CC(C)(CC1(c2ccc(-c3nn4c(-c5cccc(C#N)c5)cnc4cc3-c3ccccc3)cc2)CCC1)OC(N)=O. The third-order valence-corrected chi connectivity index (χ3v) is 8.09. The van der Waals surface area contributed by atoms with E-state index >= 15 is 0 Å². The molecule has 0 spiro atoms. The molecule has 0 saturated heterocycles. The number of carbonyl (C=O) groups is 1. The zero-order valence-electron chi connectivity index (χ0n) is 23.2. The van der Waals surface area contributed by atoms with Gasteiger partial charge in [-0.2, -0.15) is 10.4 Å². The second-order valence-electron chi connectivity index (χ2n) is 11.4. The number of hydrogen-bond acceptors (Lipinski definition) is 5. The van der Waals surface area contributed by atoms with Crippen molar-refractivity contribution in [3.05, 3.63) is 102 Å². The van der Waals surface area contributed by atoms with Gasteiger partial charge in [0.25, 0.3) is 0 Å². The molecule has 1 saturated carbocycles. The number of carbonyl (C=O) groups excluding carboxylic acids is 1. The lowest BCUT2D eigenvalue weighted by atomic mass is 9.60. The van der Waals surface area contributed by atoms with Crippen LogP contribution in [0.25, 0.3) is 39.3 Å². The Labute approximate surface area is 239 Å². The average molecular weight is 542 g/mol. The molecule has 1 amide bonds. The fraction of sp³-hybridized carbons (Fsp3) is 0.235. The summed E-state index contributed by atoms with van der Waals surface area (Å²) in [7, 11) is 0. The monoisotopic (exact) mass is 541 g/mol. The van der Waals surface area contributed by atoms with Crippen molar-refractivity contribution < 1.29 is 9.53 Å². The Bertz CT molecular complexity index is 1780. The second kappa shape index (κ2) is 10.2. The molecule has 1 fully saturated rings. The highest BCUT2D eigenvalue weighted by Gasteiger charge is 2.44. The number of nitrogens with two attached hydrogens (primary N) is 1. The van der Waals surface area contributed by atoms with Gasteiger partial charge < -0.3 is 10.5 Å². The van der Waals surface area contributed by atoms with E-state index in [-0.39, 0.29) is 5.41 Å². The molecule has 5 aromatic rings. The van der Waals surface area contributed by atoms with Crippen molar-refractivity contribution in [1.29, 1.82) is 5.26 Å². The van der Waals surface area contributed by atoms with E-state index < -0.39 is 11.7 Å². The summed E-state index contributed by atoms with van der Waals surface area (Å²) in [6.45, 7) is 3.85. The van der Waals surface area contributed by atoms with E-state index in [1.807, 2.05) is 54.8 Å². The molecule has 2 aromatic heterocycles. The first-order valence-electron chi connectivity index (χ1n) is 13.8. The van der Waals surface area contributed by atoms with Crippen LogP contribution < -0.4 is 5.73 Å². The fourth-order valence-corrected chi connectivity index (χ4v) is 6.19. The highest BCUT2D eigenvalue weighted by atomic mass is 16.6. The molecule has 3 aromatic carbocycles. The van der Waals surface area contributed by atoms with Gasteiger partial charge in [0.2, 0.25) is 0 Å². The average Bonchev–Trinajstić information content (AvgIpc) is 3.37. The van der Waals surface area contributed by atoms with Crippen LogP contribution in [0.4, 0.5) is 4.79 Å². The van der Waals surface area contributed by atoms with Gasteiger partial charge in [-0.3, -0.25) is 0 Å². The van der Waals surface area contributed by atoms with Crippen molar-refractivity contribution in [3.8, 4) is 39.7 Å². The number of primary amides is 1. The van der Waals surface area contributed by atoms with Gasteiger partial charge in [0, 0.05) is 16.7 Å². The fourth-order valence-electron chi connectivity index (χ4n) is 6.19. The first-order chi connectivity index (χ1) is 19.8.